The van der Waals surface area contributed by atoms with Crippen LogP contribution in [-0.2, 0) is 6.61 Å². The number of thiazole rings is 1. The lowest BCUT2D eigenvalue weighted by molar-refractivity contribution is 0.0992. The monoisotopic (exact) mass is 390 g/mol. The van der Waals surface area contributed by atoms with Gasteiger partial charge >= 0.3 is 0 Å². The second-order valence-corrected chi connectivity index (χ2v) is 7.05. The number of amides is 1. The maximum absolute atomic E-state index is 12.2. The van der Waals surface area contributed by atoms with Crippen LogP contribution in [0.2, 0.25) is 0 Å². The van der Waals surface area contributed by atoms with Crippen molar-refractivity contribution < 1.29 is 13.9 Å². The smallest absolute Gasteiger partial charge is 0.293 e. The Bertz CT molecular complexity index is 1090. The fraction of sp³-hybridized carbons (Fsp3) is 0.0909. The summed E-state index contributed by atoms with van der Waals surface area (Å²) in [5, 5.41) is 5.15. The summed E-state index contributed by atoms with van der Waals surface area (Å²) in [5.74, 6) is 1.21. The van der Waals surface area contributed by atoms with E-state index in [1.165, 1.54) is 11.3 Å². The number of nitrogens with one attached hydrogen (secondary N) is 1. The number of benzene rings is 2. The molecule has 4 rings (SSSR count). The highest BCUT2D eigenvalue weighted by molar-refractivity contribution is 7.13. The maximum atomic E-state index is 12.2. The van der Waals surface area contributed by atoms with Gasteiger partial charge in [-0.25, -0.2) is 4.98 Å². The third-order valence-corrected chi connectivity index (χ3v) is 4.92. The molecule has 4 aromatic rings. The van der Waals surface area contributed by atoms with E-state index in [-0.39, 0.29) is 18.3 Å². The average Bonchev–Trinajstić information content (AvgIpc) is 3.36. The second-order valence-electron chi connectivity index (χ2n) is 6.20. The number of aryl methyl sites for hydroxylation is 1. The minimum absolute atomic E-state index is 0.226. The molecule has 0 unspecified atom stereocenters. The lowest BCUT2D eigenvalue weighted by atomic mass is 10.1. The maximum Gasteiger partial charge on any atom is 0.293 e. The lowest BCUT2D eigenvalue weighted by Gasteiger charge is -2.07. The normalized spacial score (nSPS) is 10.6. The fourth-order valence-corrected chi connectivity index (χ4v) is 3.38. The standard InChI is InChI=1S/C22H18N2O3S/c1-15-14-28-22(23-15)24-21(25)20-11-10-19(27-20)13-26-18-9-5-8-17(12-18)16-6-3-2-4-7-16/h2-12,14H,13H2,1H3,(H,23,24,25). The molecule has 1 amide bonds. The van der Waals surface area contributed by atoms with Gasteiger partial charge in [-0.15, -0.1) is 11.3 Å². The Labute approximate surface area is 166 Å². The number of hydrogen-bond acceptors (Lipinski definition) is 5. The summed E-state index contributed by atoms with van der Waals surface area (Å²) in [6.07, 6.45) is 0. The molecule has 2 aromatic heterocycles. The van der Waals surface area contributed by atoms with Crippen LogP contribution in [0.5, 0.6) is 5.75 Å². The van der Waals surface area contributed by atoms with E-state index in [2.05, 4.69) is 22.4 Å². The zero-order chi connectivity index (χ0) is 19.3. The summed E-state index contributed by atoms with van der Waals surface area (Å²) >= 11 is 1.38. The zero-order valence-electron chi connectivity index (χ0n) is 15.2. The second kappa shape index (κ2) is 8.10. The van der Waals surface area contributed by atoms with Crippen molar-refractivity contribution >= 4 is 22.4 Å². The number of hydrogen-bond donors (Lipinski definition) is 1. The predicted molar refractivity (Wildman–Crippen MR) is 110 cm³/mol. The number of aromatic nitrogens is 1. The highest BCUT2D eigenvalue weighted by Crippen LogP contribution is 2.24. The topological polar surface area (TPSA) is 64.4 Å². The first kappa shape index (κ1) is 18.0. The Morgan fingerprint density at radius 1 is 1.07 bits per heavy atom. The van der Waals surface area contributed by atoms with Crippen molar-refractivity contribution in [3.05, 3.63) is 89.3 Å². The van der Waals surface area contributed by atoms with Gasteiger partial charge in [-0.2, -0.15) is 0 Å². The number of nitrogens with zero attached hydrogens (tertiary/aromatic N) is 1. The quantitative estimate of drug-likeness (QED) is 0.469. The van der Waals surface area contributed by atoms with Crippen molar-refractivity contribution in [2.24, 2.45) is 0 Å². The van der Waals surface area contributed by atoms with Crippen LogP contribution in [0.4, 0.5) is 5.13 Å². The summed E-state index contributed by atoms with van der Waals surface area (Å²) in [5.41, 5.74) is 3.07. The van der Waals surface area contributed by atoms with Gasteiger partial charge in [0.05, 0.1) is 5.69 Å². The van der Waals surface area contributed by atoms with Crippen molar-refractivity contribution in [1.82, 2.24) is 4.98 Å². The van der Waals surface area contributed by atoms with Crippen LogP contribution < -0.4 is 10.1 Å². The van der Waals surface area contributed by atoms with Crippen molar-refractivity contribution in [1.29, 1.82) is 0 Å². The molecule has 0 aliphatic rings. The van der Waals surface area contributed by atoms with E-state index < -0.39 is 0 Å². The summed E-state index contributed by atoms with van der Waals surface area (Å²) in [4.78, 5) is 16.4. The number of furan rings is 1. The number of carbonyl (C=O) groups excluding carboxylic acids is 1. The molecule has 0 atom stereocenters. The average molecular weight is 390 g/mol. The van der Waals surface area contributed by atoms with Crippen LogP contribution in [0, 0.1) is 6.92 Å². The molecule has 0 spiro atoms. The van der Waals surface area contributed by atoms with Gasteiger partial charge in [0.1, 0.15) is 18.1 Å². The molecular formula is C22H18N2O3S. The van der Waals surface area contributed by atoms with Gasteiger partial charge < -0.3 is 9.15 Å². The summed E-state index contributed by atoms with van der Waals surface area (Å²) < 4.78 is 11.4. The molecule has 1 N–H and O–H groups in total. The van der Waals surface area contributed by atoms with Gasteiger partial charge in [0.25, 0.3) is 5.91 Å². The Morgan fingerprint density at radius 2 is 1.89 bits per heavy atom. The van der Waals surface area contributed by atoms with Crippen LogP contribution in [0.3, 0.4) is 0 Å². The molecule has 0 aliphatic carbocycles. The minimum atomic E-state index is -0.327. The van der Waals surface area contributed by atoms with Crippen LogP contribution >= 0.6 is 11.3 Å². The summed E-state index contributed by atoms with van der Waals surface area (Å²) in [6, 6.07) is 21.4. The van der Waals surface area contributed by atoms with E-state index in [9.17, 15) is 4.79 Å². The zero-order valence-corrected chi connectivity index (χ0v) is 16.0. The molecule has 6 heteroatoms. The Kier molecular flexibility index (Phi) is 5.21. The van der Waals surface area contributed by atoms with Gasteiger partial charge in [0.2, 0.25) is 0 Å². The highest BCUT2D eigenvalue weighted by atomic mass is 32.1. The van der Waals surface area contributed by atoms with E-state index in [0.717, 1.165) is 22.6 Å². The highest BCUT2D eigenvalue weighted by Gasteiger charge is 2.13. The van der Waals surface area contributed by atoms with Gasteiger partial charge in [-0.1, -0.05) is 42.5 Å². The fourth-order valence-electron chi connectivity index (χ4n) is 2.70. The molecule has 28 heavy (non-hydrogen) atoms. The number of ether oxygens (including phenoxy) is 1. The first-order chi connectivity index (χ1) is 13.7. The molecule has 140 valence electrons. The lowest BCUT2D eigenvalue weighted by Crippen LogP contribution is -2.10. The van der Waals surface area contributed by atoms with Gasteiger partial charge in [-0.3, -0.25) is 10.1 Å². The molecule has 0 aliphatic heterocycles. The molecule has 0 saturated carbocycles. The third kappa shape index (κ3) is 4.29. The first-order valence-corrected chi connectivity index (χ1v) is 9.66. The van der Waals surface area contributed by atoms with Gasteiger partial charge in [0, 0.05) is 5.38 Å². The van der Waals surface area contributed by atoms with Crippen molar-refractivity contribution in [3.8, 4) is 16.9 Å². The van der Waals surface area contributed by atoms with E-state index in [1.807, 2.05) is 54.8 Å². The van der Waals surface area contributed by atoms with Crippen LogP contribution in [-0.4, -0.2) is 10.9 Å². The summed E-state index contributed by atoms with van der Waals surface area (Å²) in [7, 11) is 0. The molecule has 2 aromatic carbocycles. The molecule has 0 radical (unpaired) electrons. The minimum Gasteiger partial charge on any atom is -0.486 e. The van der Waals surface area contributed by atoms with Crippen molar-refractivity contribution in [2.75, 3.05) is 5.32 Å². The Morgan fingerprint density at radius 3 is 2.68 bits per heavy atom. The van der Waals surface area contributed by atoms with E-state index in [0.29, 0.717) is 10.9 Å². The van der Waals surface area contributed by atoms with E-state index >= 15 is 0 Å². The molecular weight excluding hydrogens is 372 g/mol. The number of anilines is 1. The van der Waals surface area contributed by atoms with E-state index in [1.54, 1.807) is 12.1 Å². The van der Waals surface area contributed by atoms with Crippen LogP contribution in [0.25, 0.3) is 11.1 Å². The SMILES string of the molecule is Cc1csc(NC(=O)c2ccc(COc3cccc(-c4ccccc4)c3)o2)n1. The Balaban J connectivity index is 1.39. The van der Waals surface area contributed by atoms with Crippen LogP contribution in [0.1, 0.15) is 22.0 Å². The van der Waals surface area contributed by atoms with Gasteiger partial charge in [-0.05, 0) is 42.3 Å². The van der Waals surface area contributed by atoms with E-state index in [4.69, 9.17) is 9.15 Å². The van der Waals surface area contributed by atoms with Crippen LogP contribution in [0.15, 0.2) is 76.5 Å². The molecule has 0 bridgehead atoms. The molecule has 0 fully saturated rings. The largest absolute Gasteiger partial charge is 0.486 e. The third-order valence-electron chi connectivity index (χ3n) is 4.05. The first-order valence-electron chi connectivity index (χ1n) is 8.78. The van der Waals surface area contributed by atoms with Crippen molar-refractivity contribution in [2.45, 2.75) is 13.5 Å². The number of rotatable bonds is 6. The summed E-state index contributed by atoms with van der Waals surface area (Å²) in [6.45, 7) is 2.11. The predicted octanol–water partition coefficient (Wildman–Crippen LogP) is 5.54. The van der Waals surface area contributed by atoms with Gasteiger partial charge in [0.15, 0.2) is 10.9 Å². The van der Waals surface area contributed by atoms with Crippen molar-refractivity contribution in [3.63, 3.8) is 0 Å². The number of carbonyl (C=O) groups is 1. The Hall–Kier alpha value is -3.38. The molecule has 0 saturated heterocycles. The molecule has 2 heterocycles. The molecule has 5 nitrogen and oxygen atoms in total.